The number of aliphatic hydroxyl groups excluding tert-OH is 1. The Morgan fingerprint density at radius 2 is 1.42 bits per heavy atom. The summed E-state index contributed by atoms with van der Waals surface area (Å²) in [5.74, 6) is 1.66. The Bertz CT molecular complexity index is 119. The van der Waals surface area contributed by atoms with Gasteiger partial charge in [-0.05, 0) is 31.2 Å². The van der Waals surface area contributed by atoms with Crippen LogP contribution in [0.4, 0.5) is 0 Å². The van der Waals surface area contributed by atoms with E-state index in [1.165, 1.54) is 25.8 Å². The average molecular weight is 277 g/mol. The zero-order valence-electron chi connectivity index (χ0n) is 14.6. The average Bonchev–Trinajstić information content (AvgIpc) is 2.88. The first-order valence-electron chi connectivity index (χ1n) is 7.42. The highest BCUT2D eigenvalue weighted by molar-refractivity contribution is 5.10. The van der Waals surface area contributed by atoms with Crippen molar-refractivity contribution >= 4 is 6.79 Å². The highest BCUT2D eigenvalue weighted by atomic mass is 16.2. The van der Waals surface area contributed by atoms with Gasteiger partial charge in [0.2, 0.25) is 0 Å². The fraction of sp³-hybridized carbons (Fsp3) is 0.938. The third-order valence-electron chi connectivity index (χ3n) is 1.90. The molecule has 1 saturated heterocycles. The van der Waals surface area contributed by atoms with Gasteiger partial charge in [0.1, 0.15) is 6.79 Å². The van der Waals surface area contributed by atoms with Gasteiger partial charge in [-0.25, -0.2) is 0 Å². The molecule has 0 amide bonds. The molecule has 3 heteroatoms. The smallest absolute Gasteiger partial charge is 0.106 e. The minimum Gasteiger partial charge on any atom is -0.400 e. The quantitative estimate of drug-likeness (QED) is 0.764. The first-order chi connectivity index (χ1) is 8.95. The molecule has 1 aliphatic rings. The van der Waals surface area contributed by atoms with Crippen molar-refractivity contribution < 1.29 is 9.90 Å². The van der Waals surface area contributed by atoms with Gasteiger partial charge >= 0.3 is 0 Å². The van der Waals surface area contributed by atoms with E-state index in [9.17, 15) is 0 Å². The number of aliphatic hydroxyl groups is 1. The lowest BCUT2D eigenvalue weighted by Gasteiger charge is -2.12. The second-order valence-electron chi connectivity index (χ2n) is 5.39. The van der Waals surface area contributed by atoms with Gasteiger partial charge in [0.05, 0.1) is 0 Å². The standard InChI is InChI=1S/C7H15N.C4H10.C3H8.CH4O.CH2O/c1-6(2)7-4-3-5-8-7;1-4(2)3;1-3-2;2*1-2/h6-8H,3-5H2,1-2H3;4H,1-3H3;3H2,1-2H3;2H,1H3;1H2. The van der Waals surface area contributed by atoms with Crippen LogP contribution in [0.15, 0.2) is 0 Å². The molecule has 2 N–H and O–H groups in total. The van der Waals surface area contributed by atoms with Crippen LogP contribution in [0.2, 0.25) is 0 Å². The summed E-state index contributed by atoms with van der Waals surface area (Å²) in [4.78, 5) is 8.00. The molecule has 19 heavy (non-hydrogen) atoms. The maximum atomic E-state index is 8.00. The van der Waals surface area contributed by atoms with Crippen LogP contribution >= 0.6 is 0 Å². The summed E-state index contributed by atoms with van der Waals surface area (Å²) in [7, 11) is 1.00. The molecule has 120 valence electrons. The predicted molar refractivity (Wildman–Crippen MR) is 87.6 cm³/mol. The Labute approximate surface area is 122 Å². The van der Waals surface area contributed by atoms with Gasteiger partial charge in [0.15, 0.2) is 0 Å². The van der Waals surface area contributed by atoms with Crippen molar-refractivity contribution in [2.24, 2.45) is 11.8 Å². The van der Waals surface area contributed by atoms with Crippen LogP contribution in [0.25, 0.3) is 0 Å². The molecule has 0 aromatic rings. The van der Waals surface area contributed by atoms with E-state index in [0.717, 1.165) is 25.0 Å². The van der Waals surface area contributed by atoms with Gasteiger partial charge in [-0.15, -0.1) is 0 Å². The maximum absolute atomic E-state index is 8.00. The highest BCUT2D eigenvalue weighted by Gasteiger charge is 2.16. The molecule has 1 atom stereocenters. The van der Waals surface area contributed by atoms with Crippen molar-refractivity contribution in [3.63, 3.8) is 0 Å². The maximum Gasteiger partial charge on any atom is 0.106 e. The van der Waals surface area contributed by atoms with E-state index >= 15 is 0 Å². The molecule has 0 saturated carbocycles. The Hall–Kier alpha value is -0.410. The van der Waals surface area contributed by atoms with Gasteiger partial charge in [-0.1, -0.05) is 54.9 Å². The molecule has 0 bridgehead atoms. The van der Waals surface area contributed by atoms with Gasteiger partial charge < -0.3 is 15.2 Å². The Morgan fingerprint density at radius 3 is 1.53 bits per heavy atom. The lowest BCUT2D eigenvalue weighted by molar-refractivity contribution is -0.0979. The third-order valence-corrected chi connectivity index (χ3v) is 1.90. The van der Waals surface area contributed by atoms with E-state index in [1.54, 1.807) is 0 Å². The number of rotatable bonds is 1. The Morgan fingerprint density at radius 1 is 1.11 bits per heavy atom. The number of hydrogen-bond acceptors (Lipinski definition) is 3. The summed E-state index contributed by atoms with van der Waals surface area (Å²) in [5.41, 5.74) is 0. The van der Waals surface area contributed by atoms with Crippen molar-refractivity contribution in [3.05, 3.63) is 0 Å². The van der Waals surface area contributed by atoms with Gasteiger partial charge in [0, 0.05) is 13.2 Å². The molecule has 1 heterocycles. The van der Waals surface area contributed by atoms with E-state index in [4.69, 9.17) is 9.90 Å². The Balaban J connectivity index is -0.0000000877. The summed E-state index contributed by atoms with van der Waals surface area (Å²) < 4.78 is 0. The first kappa shape index (κ1) is 27.0. The minimum absolute atomic E-state index is 0.815. The summed E-state index contributed by atoms with van der Waals surface area (Å²) in [6.07, 6.45) is 4.01. The molecule has 0 spiro atoms. The third kappa shape index (κ3) is 38.1. The topological polar surface area (TPSA) is 49.3 Å². The second-order valence-corrected chi connectivity index (χ2v) is 5.39. The van der Waals surface area contributed by atoms with Crippen LogP contribution in [0, 0.1) is 11.8 Å². The molecule has 1 aliphatic heterocycles. The van der Waals surface area contributed by atoms with Crippen LogP contribution in [0.1, 0.15) is 67.7 Å². The monoisotopic (exact) mass is 277 g/mol. The van der Waals surface area contributed by atoms with E-state index in [1.807, 2.05) is 6.79 Å². The van der Waals surface area contributed by atoms with Crippen molar-refractivity contribution in [3.8, 4) is 0 Å². The fourth-order valence-corrected chi connectivity index (χ4v) is 1.28. The molecule has 1 fully saturated rings. The largest absolute Gasteiger partial charge is 0.400 e. The molecule has 0 aliphatic carbocycles. The van der Waals surface area contributed by atoms with Crippen LogP contribution in [-0.2, 0) is 4.79 Å². The highest BCUT2D eigenvalue weighted by Crippen LogP contribution is 2.12. The zero-order chi connectivity index (χ0) is 16.3. The van der Waals surface area contributed by atoms with Crippen LogP contribution in [-0.4, -0.2) is 31.6 Å². The van der Waals surface area contributed by atoms with Crippen molar-refractivity contribution in [1.82, 2.24) is 5.32 Å². The fourth-order valence-electron chi connectivity index (χ4n) is 1.28. The number of carbonyl (C=O) groups excluding carboxylic acids is 1. The summed E-state index contributed by atoms with van der Waals surface area (Å²) in [6.45, 7) is 18.6. The molecule has 0 aromatic carbocycles. The SMILES string of the molecule is C=O.CC(C)C.CC(C)C1CCCN1.CCC.CO. The molecular weight excluding hydrogens is 238 g/mol. The zero-order valence-corrected chi connectivity index (χ0v) is 14.6. The van der Waals surface area contributed by atoms with Crippen molar-refractivity contribution in [2.45, 2.75) is 73.8 Å². The minimum atomic E-state index is 0.815. The van der Waals surface area contributed by atoms with E-state index in [2.05, 4.69) is 53.8 Å². The van der Waals surface area contributed by atoms with Gasteiger partial charge in [0.25, 0.3) is 0 Å². The van der Waals surface area contributed by atoms with Crippen LogP contribution in [0.3, 0.4) is 0 Å². The van der Waals surface area contributed by atoms with E-state index < -0.39 is 0 Å². The van der Waals surface area contributed by atoms with Crippen molar-refractivity contribution in [1.29, 1.82) is 0 Å². The van der Waals surface area contributed by atoms with Crippen LogP contribution < -0.4 is 5.32 Å². The normalized spacial score (nSPS) is 15.8. The summed E-state index contributed by atoms with van der Waals surface area (Å²) >= 11 is 0. The molecule has 0 radical (unpaired) electrons. The van der Waals surface area contributed by atoms with E-state index in [-0.39, 0.29) is 0 Å². The van der Waals surface area contributed by atoms with Crippen LogP contribution in [0.5, 0.6) is 0 Å². The molecule has 3 nitrogen and oxygen atoms in total. The molecule has 1 rings (SSSR count). The second kappa shape index (κ2) is 26.2. The Kier molecular flexibility index (Phi) is 37.3. The van der Waals surface area contributed by atoms with Gasteiger partial charge in [-0.2, -0.15) is 0 Å². The lowest BCUT2D eigenvalue weighted by atomic mass is 10.0. The van der Waals surface area contributed by atoms with Crippen molar-refractivity contribution in [2.75, 3.05) is 13.7 Å². The number of carbonyl (C=O) groups is 1. The lowest BCUT2D eigenvalue weighted by Crippen LogP contribution is -2.26. The van der Waals surface area contributed by atoms with E-state index in [0.29, 0.717) is 0 Å². The van der Waals surface area contributed by atoms with Gasteiger partial charge in [-0.3, -0.25) is 0 Å². The summed E-state index contributed by atoms with van der Waals surface area (Å²) in [5, 5.41) is 10.5. The molecule has 0 aromatic heterocycles. The predicted octanol–water partition coefficient (Wildman–Crippen LogP) is 3.90. The first-order valence-corrected chi connectivity index (χ1v) is 7.42. The summed E-state index contributed by atoms with van der Waals surface area (Å²) in [6, 6.07) is 0.815. The number of hydrogen-bond donors (Lipinski definition) is 2. The molecule has 1 unspecified atom stereocenters. The molecular formula is C16H39NO2. The number of nitrogens with one attached hydrogen (secondary N) is 1.